The summed E-state index contributed by atoms with van der Waals surface area (Å²) < 4.78 is 0. The molecule has 3 heteroatoms. The number of phenolic OH excluding ortho intramolecular Hbond substituents is 1. The van der Waals surface area contributed by atoms with Gasteiger partial charge in [-0.25, -0.2) is 0 Å². The quantitative estimate of drug-likeness (QED) is 0.746. The maximum Gasteiger partial charge on any atom is 0.251 e. The minimum atomic E-state index is -0.121. The van der Waals surface area contributed by atoms with Crippen LogP contribution in [0, 0.1) is 6.92 Å². The third kappa shape index (κ3) is 2.24. The second-order valence-corrected chi connectivity index (χ2v) is 4.11. The molecular formula is C13H15NO2. The van der Waals surface area contributed by atoms with Crippen molar-refractivity contribution in [3.05, 3.63) is 41.5 Å². The smallest absolute Gasteiger partial charge is 0.251 e. The van der Waals surface area contributed by atoms with Gasteiger partial charge in [-0.1, -0.05) is 18.2 Å². The maximum absolute atomic E-state index is 11.8. The number of carbonyl (C=O) groups is 1. The molecule has 1 aliphatic carbocycles. The molecule has 0 fully saturated rings. The largest absolute Gasteiger partial charge is 0.508 e. The van der Waals surface area contributed by atoms with Crippen molar-refractivity contribution in [3.8, 4) is 5.75 Å². The van der Waals surface area contributed by atoms with Crippen LogP contribution in [0.1, 0.15) is 28.8 Å². The first-order valence-electron chi connectivity index (χ1n) is 5.42. The van der Waals surface area contributed by atoms with E-state index < -0.39 is 0 Å². The number of aromatic hydroxyl groups is 1. The number of phenols is 1. The summed E-state index contributed by atoms with van der Waals surface area (Å²) in [5, 5.41) is 12.4. The van der Waals surface area contributed by atoms with E-state index in [2.05, 4.69) is 17.5 Å². The summed E-state index contributed by atoms with van der Waals surface area (Å²) in [6.45, 7) is 1.80. The van der Waals surface area contributed by atoms with E-state index in [0.29, 0.717) is 5.56 Å². The predicted octanol–water partition coefficient (Wildman–Crippen LogP) is 2.15. The standard InChI is InChI=1S/C13H15NO2/c1-9-6-7-10(8-12(9)15)13(16)14-11-4-2-3-5-11/h2-3,6-8,11,15H,4-5H2,1H3,(H,14,16). The fourth-order valence-corrected chi connectivity index (χ4v) is 1.75. The second-order valence-electron chi connectivity index (χ2n) is 4.11. The molecule has 3 nitrogen and oxygen atoms in total. The first kappa shape index (κ1) is 10.7. The molecular weight excluding hydrogens is 202 g/mol. The Balaban J connectivity index is 2.05. The zero-order chi connectivity index (χ0) is 11.5. The average molecular weight is 217 g/mol. The van der Waals surface area contributed by atoms with Crippen molar-refractivity contribution in [2.24, 2.45) is 0 Å². The van der Waals surface area contributed by atoms with Crippen LogP contribution < -0.4 is 5.32 Å². The van der Waals surface area contributed by atoms with Gasteiger partial charge in [0.2, 0.25) is 0 Å². The molecule has 0 unspecified atom stereocenters. The topological polar surface area (TPSA) is 49.3 Å². The summed E-state index contributed by atoms with van der Waals surface area (Å²) in [4.78, 5) is 11.8. The fourth-order valence-electron chi connectivity index (χ4n) is 1.75. The minimum Gasteiger partial charge on any atom is -0.508 e. The van der Waals surface area contributed by atoms with E-state index in [1.54, 1.807) is 19.1 Å². The van der Waals surface area contributed by atoms with Crippen molar-refractivity contribution in [2.75, 3.05) is 0 Å². The summed E-state index contributed by atoms with van der Waals surface area (Å²) in [7, 11) is 0. The van der Waals surface area contributed by atoms with Crippen molar-refractivity contribution in [1.82, 2.24) is 5.32 Å². The average Bonchev–Trinajstić information content (AvgIpc) is 2.74. The van der Waals surface area contributed by atoms with Crippen LogP contribution in [-0.2, 0) is 0 Å². The van der Waals surface area contributed by atoms with E-state index >= 15 is 0 Å². The van der Waals surface area contributed by atoms with E-state index in [4.69, 9.17) is 0 Å². The van der Waals surface area contributed by atoms with E-state index in [0.717, 1.165) is 18.4 Å². The summed E-state index contributed by atoms with van der Waals surface area (Å²) >= 11 is 0. The van der Waals surface area contributed by atoms with Gasteiger partial charge in [0.25, 0.3) is 5.91 Å². The number of carbonyl (C=O) groups excluding carboxylic acids is 1. The van der Waals surface area contributed by atoms with Crippen LogP contribution in [0.25, 0.3) is 0 Å². The maximum atomic E-state index is 11.8. The first-order chi connectivity index (χ1) is 7.66. The molecule has 0 spiro atoms. The Hall–Kier alpha value is -1.77. The minimum absolute atomic E-state index is 0.121. The van der Waals surface area contributed by atoms with E-state index in [-0.39, 0.29) is 17.7 Å². The van der Waals surface area contributed by atoms with Crippen LogP contribution in [0.3, 0.4) is 0 Å². The van der Waals surface area contributed by atoms with Crippen molar-refractivity contribution in [1.29, 1.82) is 0 Å². The molecule has 1 aliphatic rings. The van der Waals surface area contributed by atoms with E-state index in [1.807, 2.05) is 0 Å². The lowest BCUT2D eigenvalue weighted by molar-refractivity contribution is 0.0938. The Morgan fingerprint density at radius 1 is 1.38 bits per heavy atom. The van der Waals surface area contributed by atoms with Crippen LogP contribution in [-0.4, -0.2) is 17.1 Å². The van der Waals surface area contributed by atoms with Crippen molar-refractivity contribution in [3.63, 3.8) is 0 Å². The van der Waals surface area contributed by atoms with Crippen LogP contribution >= 0.6 is 0 Å². The molecule has 2 N–H and O–H groups in total. The predicted molar refractivity (Wildman–Crippen MR) is 62.5 cm³/mol. The van der Waals surface area contributed by atoms with Crippen LogP contribution in [0.5, 0.6) is 5.75 Å². The van der Waals surface area contributed by atoms with Crippen molar-refractivity contribution >= 4 is 5.91 Å². The van der Waals surface area contributed by atoms with Crippen molar-refractivity contribution < 1.29 is 9.90 Å². The lowest BCUT2D eigenvalue weighted by Crippen LogP contribution is -2.32. The Kier molecular flexibility index (Phi) is 2.95. The summed E-state index contributed by atoms with van der Waals surface area (Å²) in [6, 6.07) is 5.19. The fraction of sp³-hybridized carbons (Fsp3) is 0.308. The molecule has 1 amide bonds. The molecule has 2 rings (SSSR count). The molecule has 0 radical (unpaired) electrons. The van der Waals surface area contributed by atoms with E-state index in [1.165, 1.54) is 6.07 Å². The molecule has 0 atom stereocenters. The highest BCUT2D eigenvalue weighted by atomic mass is 16.3. The van der Waals surface area contributed by atoms with Gasteiger partial charge in [0.05, 0.1) is 0 Å². The highest BCUT2D eigenvalue weighted by Crippen LogP contribution is 2.18. The number of aryl methyl sites for hydroxylation is 1. The molecule has 1 aromatic carbocycles. The number of benzene rings is 1. The van der Waals surface area contributed by atoms with Crippen LogP contribution in [0.4, 0.5) is 0 Å². The molecule has 84 valence electrons. The lowest BCUT2D eigenvalue weighted by atomic mass is 10.1. The molecule has 0 saturated carbocycles. The van der Waals surface area contributed by atoms with Gasteiger partial charge in [-0.15, -0.1) is 0 Å². The van der Waals surface area contributed by atoms with Gasteiger partial charge in [0.15, 0.2) is 0 Å². The van der Waals surface area contributed by atoms with Gasteiger partial charge in [-0.3, -0.25) is 4.79 Å². The Morgan fingerprint density at radius 2 is 2.06 bits per heavy atom. The number of nitrogens with one attached hydrogen (secondary N) is 1. The number of amides is 1. The third-order valence-electron chi connectivity index (χ3n) is 2.81. The van der Waals surface area contributed by atoms with Crippen molar-refractivity contribution in [2.45, 2.75) is 25.8 Å². The molecule has 0 aliphatic heterocycles. The summed E-state index contributed by atoms with van der Waals surface area (Å²) in [5.41, 5.74) is 1.29. The monoisotopic (exact) mass is 217 g/mol. The lowest BCUT2D eigenvalue weighted by Gasteiger charge is -2.12. The van der Waals surface area contributed by atoms with Gasteiger partial charge in [0.1, 0.15) is 5.75 Å². The highest BCUT2D eigenvalue weighted by molar-refractivity contribution is 5.94. The summed E-state index contributed by atoms with van der Waals surface area (Å²) in [5.74, 6) is 0.0428. The highest BCUT2D eigenvalue weighted by Gasteiger charge is 2.14. The second kappa shape index (κ2) is 4.39. The van der Waals surface area contributed by atoms with E-state index in [9.17, 15) is 9.90 Å². The van der Waals surface area contributed by atoms with Crippen LogP contribution in [0.2, 0.25) is 0 Å². The first-order valence-corrected chi connectivity index (χ1v) is 5.42. The number of hydrogen-bond acceptors (Lipinski definition) is 2. The summed E-state index contributed by atoms with van der Waals surface area (Å²) in [6.07, 6.45) is 5.92. The van der Waals surface area contributed by atoms with Gasteiger partial charge < -0.3 is 10.4 Å². The van der Waals surface area contributed by atoms with Gasteiger partial charge >= 0.3 is 0 Å². The molecule has 16 heavy (non-hydrogen) atoms. The SMILES string of the molecule is Cc1ccc(C(=O)NC2CC=CC2)cc1O. The van der Waals surface area contributed by atoms with Gasteiger partial charge in [-0.05, 0) is 37.5 Å². The normalized spacial score (nSPS) is 15.3. The Labute approximate surface area is 94.8 Å². The number of hydrogen-bond donors (Lipinski definition) is 2. The molecule has 1 aromatic rings. The molecule has 0 saturated heterocycles. The van der Waals surface area contributed by atoms with Gasteiger partial charge in [0, 0.05) is 11.6 Å². The zero-order valence-electron chi connectivity index (χ0n) is 9.23. The zero-order valence-corrected chi connectivity index (χ0v) is 9.23. The number of rotatable bonds is 2. The third-order valence-corrected chi connectivity index (χ3v) is 2.81. The molecule has 0 heterocycles. The Bertz CT molecular complexity index is 430. The molecule has 0 aromatic heterocycles. The van der Waals surface area contributed by atoms with Gasteiger partial charge in [-0.2, -0.15) is 0 Å². The van der Waals surface area contributed by atoms with Crippen LogP contribution in [0.15, 0.2) is 30.4 Å². The Morgan fingerprint density at radius 3 is 2.69 bits per heavy atom. The molecule has 0 bridgehead atoms.